The van der Waals surface area contributed by atoms with Crippen LogP contribution in [0.4, 0.5) is 0 Å². The SMILES string of the molecule is ClC1=C(Cl)C2(Cl)C3C4CC(C(Br)C4Br)C3C1(Cl)C2(Cl)Cl. The molecule has 0 N–H and O–H groups in total. The Kier molecular flexibility index (Phi) is 3.46. The van der Waals surface area contributed by atoms with Gasteiger partial charge in [-0.05, 0) is 30.1 Å². The topological polar surface area (TPSA) is 0 Å². The van der Waals surface area contributed by atoms with Gasteiger partial charge in [-0.25, -0.2) is 0 Å². The second-order valence-electron chi connectivity index (χ2n) is 6.13. The predicted octanol–water partition coefficient (Wildman–Crippen LogP) is 6.24. The van der Waals surface area contributed by atoms with E-state index >= 15 is 0 Å². The lowest BCUT2D eigenvalue weighted by Crippen LogP contribution is -2.46. The van der Waals surface area contributed by atoms with E-state index in [2.05, 4.69) is 31.9 Å². The van der Waals surface area contributed by atoms with Gasteiger partial charge < -0.3 is 0 Å². The number of allylic oxidation sites excluding steroid dienone is 2. The minimum atomic E-state index is -1.40. The first kappa shape index (κ1) is 15.9. The lowest BCUT2D eigenvalue weighted by atomic mass is 9.72. The zero-order valence-electron chi connectivity index (χ0n) is 9.69. The molecule has 0 amide bonds. The second kappa shape index (κ2) is 4.34. The van der Waals surface area contributed by atoms with E-state index in [9.17, 15) is 0 Å². The van der Waals surface area contributed by atoms with E-state index in [1.165, 1.54) is 0 Å². The van der Waals surface area contributed by atoms with Gasteiger partial charge in [-0.1, -0.05) is 78.3 Å². The number of alkyl halides is 6. The Labute approximate surface area is 164 Å². The molecule has 112 valence electrons. The van der Waals surface area contributed by atoms with Crippen molar-refractivity contribution in [1.29, 1.82) is 0 Å². The highest BCUT2D eigenvalue weighted by molar-refractivity contribution is 9.12. The van der Waals surface area contributed by atoms with Crippen molar-refractivity contribution in [3.05, 3.63) is 10.1 Å². The van der Waals surface area contributed by atoms with E-state index in [4.69, 9.17) is 69.6 Å². The van der Waals surface area contributed by atoms with Crippen LogP contribution in [-0.4, -0.2) is 23.7 Å². The Morgan fingerprint density at radius 1 is 0.800 bits per heavy atom. The summed E-state index contributed by atoms with van der Waals surface area (Å²) in [5.74, 6) is 0.746. The summed E-state index contributed by atoms with van der Waals surface area (Å²) in [6.45, 7) is 0. The summed E-state index contributed by atoms with van der Waals surface area (Å²) < 4.78 is -1.40. The van der Waals surface area contributed by atoms with Gasteiger partial charge in [0.05, 0.1) is 10.1 Å². The Morgan fingerprint density at radius 3 is 1.50 bits per heavy atom. The molecule has 0 aromatic rings. The van der Waals surface area contributed by atoms with Crippen LogP contribution in [-0.2, 0) is 0 Å². The van der Waals surface area contributed by atoms with Gasteiger partial charge in [-0.2, -0.15) is 0 Å². The Hall–Kier alpha value is 2.44. The van der Waals surface area contributed by atoms with Crippen molar-refractivity contribution >= 4 is 101 Å². The van der Waals surface area contributed by atoms with Crippen LogP contribution >= 0.6 is 101 Å². The molecular formula is C12H8Br2Cl6. The third-order valence-electron chi connectivity index (χ3n) is 5.64. The summed E-state index contributed by atoms with van der Waals surface area (Å²) in [4.78, 5) is -1.56. The summed E-state index contributed by atoms with van der Waals surface area (Å²) in [5, 5.41) is 0.640. The zero-order valence-corrected chi connectivity index (χ0v) is 17.4. The summed E-state index contributed by atoms with van der Waals surface area (Å²) in [5.41, 5.74) is 0. The largest absolute Gasteiger partial charge is 0.166 e. The molecule has 0 spiro atoms. The Bertz CT molecular complexity index is 506. The van der Waals surface area contributed by atoms with Crippen LogP contribution in [0.1, 0.15) is 6.42 Å². The van der Waals surface area contributed by atoms with Gasteiger partial charge in [0, 0.05) is 9.65 Å². The molecule has 8 heteroatoms. The zero-order chi connectivity index (χ0) is 14.8. The van der Waals surface area contributed by atoms with Crippen molar-refractivity contribution in [3.8, 4) is 0 Å². The molecule has 4 rings (SSSR count). The highest BCUT2D eigenvalue weighted by Gasteiger charge is 2.87. The normalized spacial score (nSPS) is 62.4. The lowest BCUT2D eigenvalue weighted by Gasteiger charge is -2.43. The van der Waals surface area contributed by atoms with E-state index in [1.54, 1.807) is 0 Å². The number of rotatable bonds is 0. The minimum absolute atomic E-state index is 0.0369. The standard InChI is InChI=1S/C12H8Br2Cl6/c13-6-2-1-3(7(6)14)5-4(2)10(17)8(15)9(16)11(5,18)12(10,19)20/h2-7H,1H2. The molecule has 4 aliphatic rings. The molecule has 8 unspecified atom stereocenters. The summed E-state index contributed by atoms with van der Waals surface area (Å²) in [6.07, 6.45) is 1.03. The average molecular weight is 525 g/mol. The number of halogens is 8. The van der Waals surface area contributed by atoms with Crippen molar-refractivity contribution < 1.29 is 0 Å². The average Bonchev–Trinajstić information content (AvgIpc) is 2.97. The molecule has 4 bridgehead atoms. The van der Waals surface area contributed by atoms with Crippen LogP contribution in [0.5, 0.6) is 0 Å². The smallest absolute Gasteiger partial charge is 0.109 e. The second-order valence-corrected chi connectivity index (χ2v) is 11.5. The molecule has 0 nitrogen and oxygen atoms in total. The van der Waals surface area contributed by atoms with Crippen LogP contribution in [0, 0.1) is 23.7 Å². The number of fused-ring (bicyclic) bond motifs is 9. The van der Waals surface area contributed by atoms with Gasteiger partial charge in [0.2, 0.25) is 0 Å². The first-order chi connectivity index (χ1) is 9.11. The van der Waals surface area contributed by atoms with E-state index in [0.29, 0.717) is 31.6 Å². The predicted molar refractivity (Wildman–Crippen MR) is 94.3 cm³/mol. The van der Waals surface area contributed by atoms with Gasteiger partial charge in [0.25, 0.3) is 0 Å². The van der Waals surface area contributed by atoms with Crippen molar-refractivity contribution in [1.82, 2.24) is 0 Å². The van der Waals surface area contributed by atoms with Gasteiger partial charge >= 0.3 is 0 Å². The molecule has 0 aliphatic heterocycles. The van der Waals surface area contributed by atoms with E-state index in [-0.39, 0.29) is 11.8 Å². The summed E-state index contributed by atoms with van der Waals surface area (Å²) in [7, 11) is 0. The molecule has 4 aliphatic carbocycles. The van der Waals surface area contributed by atoms with Crippen LogP contribution in [0.15, 0.2) is 10.1 Å². The number of hydrogen-bond acceptors (Lipinski definition) is 0. The van der Waals surface area contributed by atoms with Gasteiger partial charge in [0.15, 0.2) is 4.33 Å². The molecule has 20 heavy (non-hydrogen) atoms. The van der Waals surface area contributed by atoms with Crippen LogP contribution < -0.4 is 0 Å². The minimum Gasteiger partial charge on any atom is -0.109 e. The highest BCUT2D eigenvalue weighted by atomic mass is 79.9. The van der Waals surface area contributed by atoms with Crippen molar-refractivity contribution in [2.24, 2.45) is 23.7 Å². The van der Waals surface area contributed by atoms with Crippen LogP contribution in [0.2, 0.25) is 0 Å². The third kappa shape index (κ3) is 1.32. The third-order valence-corrected chi connectivity index (χ3v) is 13.1. The van der Waals surface area contributed by atoms with Crippen molar-refractivity contribution in [2.45, 2.75) is 30.2 Å². The molecule has 3 saturated carbocycles. The number of hydrogen-bond donors (Lipinski definition) is 0. The van der Waals surface area contributed by atoms with Gasteiger partial charge in [-0.15, -0.1) is 23.2 Å². The molecule has 0 aromatic heterocycles. The molecular weight excluding hydrogens is 517 g/mol. The lowest BCUT2D eigenvalue weighted by molar-refractivity contribution is 0.233. The first-order valence-corrected chi connectivity index (χ1v) is 10.3. The fourth-order valence-corrected chi connectivity index (χ4v) is 9.93. The summed E-state index contributed by atoms with van der Waals surface area (Å²) >= 11 is 47.3. The Balaban J connectivity index is 1.98. The Morgan fingerprint density at radius 2 is 1.15 bits per heavy atom. The summed E-state index contributed by atoms with van der Waals surface area (Å²) in [6, 6.07) is 0. The molecule has 3 fully saturated rings. The van der Waals surface area contributed by atoms with Gasteiger partial charge in [-0.3, -0.25) is 0 Å². The molecule has 8 atom stereocenters. The van der Waals surface area contributed by atoms with E-state index < -0.39 is 14.1 Å². The maximum atomic E-state index is 6.87. The molecule has 0 heterocycles. The fourth-order valence-electron chi connectivity index (χ4n) is 4.92. The fraction of sp³-hybridized carbons (Fsp3) is 0.833. The maximum absolute atomic E-state index is 6.87. The van der Waals surface area contributed by atoms with E-state index in [1.807, 2.05) is 0 Å². The quantitative estimate of drug-likeness (QED) is 0.260. The molecule has 0 saturated heterocycles. The maximum Gasteiger partial charge on any atom is 0.166 e. The van der Waals surface area contributed by atoms with Crippen molar-refractivity contribution in [3.63, 3.8) is 0 Å². The van der Waals surface area contributed by atoms with Crippen LogP contribution in [0.25, 0.3) is 0 Å². The van der Waals surface area contributed by atoms with E-state index in [0.717, 1.165) is 6.42 Å². The molecule has 0 aromatic carbocycles. The van der Waals surface area contributed by atoms with Crippen molar-refractivity contribution in [2.75, 3.05) is 0 Å². The molecule has 0 radical (unpaired) electrons. The monoisotopic (exact) mass is 520 g/mol. The van der Waals surface area contributed by atoms with Crippen LogP contribution in [0.3, 0.4) is 0 Å². The highest BCUT2D eigenvalue weighted by Crippen LogP contribution is 2.83. The van der Waals surface area contributed by atoms with Gasteiger partial charge in [0.1, 0.15) is 9.75 Å². The first-order valence-electron chi connectivity index (χ1n) is 6.21.